The third-order valence-electron chi connectivity index (χ3n) is 2.30. The molecule has 1 rings (SSSR count). The van der Waals surface area contributed by atoms with Gasteiger partial charge in [0.1, 0.15) is 10.8 Å². The number of hydrogen-bond acceptors (Lipinski definition) is 4. The maximum absolute atomic E-state index is 11.3. The summed E-state index contributed by atoms with van der Waals surface area (Å²) in [6.07, 6.45) is 0. The molecule has 1 amide bonds. The highest BCUT2D eigenvalue weighted by molar-refractivity contribution is 7.80. The minimum absolute atomic E-state index is 0.0929. The fraction of sp³-hybridized carbons (Fsp3) is 0.364. The van der Waals surface area contributed by atoms with Crippen molar-refractivity contribution in [2.75, 3.05) is 25.5 Å². The molecule has 0 aliphatic rings. The van der Waals surface area contributed by atoms with Crippen LogP contribution in [0.15, 0.2) is 12.1 Å². The number of nitrogens with two attached hydrogens (primary N) is 1. The van der Waals surface area contributed by atoms with Gasteiger partial charge >= 0.3 is 0 Å². The van der Waals surface area contributed by atoms with Crippen molar-refractivity contribution in [3.8, 4) is 0 Å². The maximum atomic E-state index is 11.3. The Morgan fingerprint density at radius 2 is 2.24 bits per heavy atom. The van der Waals surface area contributed by atoms with Crippen molar-refractivity contribution >= 4 is 28.9 Å². The summed E-state index contributed by atoms with van der Waals surface area (Å²) in [5, 5.41) is 2.56. The first-order chi connectivity index (χ1) is 7.95. The van der Waals surface area contributed by atoms with E-state index in [-0.39, 0.29) is 17.4 Å². The van der Waals surface area contributed by atoms with Gasteiger partial charge in [-0.2, -0.15) is 0 Å². The van der Waals surface area contributed by atoms with Crippen molar-refractivity contribution in [1.82, 2.24) is 10.3 Å². The van der Waals surface area contributed by atoms with Crippen LogP contribution in [-0.2, 0) is 4.79 Å². The Labute approximate surface area is 106 Å². The van der Waals surface area contributed by atoms with Gasteiger partial charge in [0.25, 0.3) is 0 Å². The number of pyridine rings is 1. The second kappa shape index (κ2) is 5.58. The van der Waals surface area contributed by atoms with Gasteiger partial charge in [0.05, 0.1) is 12.1 Å². The average Bonchev–Trinajstić information content (AvgIpc) is 2.28. The lowest BCUT2D eigenvalue weighted by molar-refractivity contribution is -0.119. The summed E-state index contributed by atoms with van der Waals surface area (Å²) in [4.78, 5) is 17.7. The summed E-state index contributed by atoms with van der Waals surface area (Å²) in [5.41, 5.74) is 7.16. The Hall–Kier alpha value is -1.69. The van der Waals surface area contributed by atoms with E-state index in [2.05, 4.69) is 10.3 Å². The fourth-order valence-corrected chi connectivity index (χ4v) is 1.55. The first-order valence-electron chi connectivity index (χ1n) is 5.15. The molecule has 0 aliphatic heterocycles. The van der Waals surface area contributed by atoms with Gasteiger partial charge in [-0.3, -0.25) is 4.79 Å². The number of carbonyl (C=O) groups is 1. The molecule has 0 unspecified atom stereocenters. The molecule has 1 aromatic rings. The lowest BCUT2D eigenvalue weighted by atomic mass is 10.2. The van der Waals surface area contributed by atoms with Crippen LogP contribution in [0.2, 0.25) is 0 Å². The van der Waals surface area contributed by atoms with E-state index in [0.29, 0.717) is 11.4 Å². The largest absolute Gasteiger partial charge is 0.389 e. The van der Waals surface area contributed by atoms with Gasteiger partial charge in [-0.1, -0.05) is 12.2 Å². The Morgan fingerprint density at radius 3 is 2.76 bits per heavy atom. The predicted octanol–water partition coefficient (Wildman–Crippen LogP) is 0.206. The molecule has 0 saturated carbocycles. The number of hydrogen-bond donors (Lipinski definition) is 2. The molecule has 0 spiro atoms. The number of rotatable bonds is 4. The molecule has 3 N–H and O–H groups in total. The van der Waals surface area contributed by atoms with E-state index >= 15 is 0 Å². The van der Waals surface area contributed by atoms with E-state index in [1.165, 1.54) is 0 Å². The minimum atomic E-state index is -0.0929. The third kappa shape index (κ3) is 3.39. The lowest BCUT2D eigenvalue weighted by Crippen LogP contribution is -2.34. The third-order valence-corrected chi connectivity index (χ3v) is 2.52. The van der Waals surface area contributed by atoms with E-state index in [1.807, 2.05) is 19.1 Å². The van der Waals surface area contributed by atoms with Crippen LogP contribution in [-0.4, -0.2) is 36.5 Å². The number of nitrogens with zero attached hydrogens (tertiary/aromatic N) is 2. The fourth-order valence-electron chi connectivity index (χ4n) is 1.40. The average molecular weight is 252 g/mol. The molecule has 0 aromatic carbocycles. The van der Waals surface area contributed by atoms with Gasteiger partial charge in [-0.15, -0.1) is 0 Å². The van der Waals surface area contributed by atoms with E-state index < -0.39 is 0 Å². The Balaban J connectivity index is 3.06. The molecule has 1 aromatic heterocycles. The van der Waals surface area contributed by atoms with Crippen LogP contribution < -0.4 is 16.0 Å². The maximum Gasteiger partial charge on any atom is 0.239 e. The predicted molar refractivity (Wildman–Crippen MR) is 72.2 cm³/mol. The smallest absolute Gasteiger partial charge is 0.239 e. The van der Waals surface area contributed by atoms with E-state index in [1.54, 1.807) is 19.0 Å². The second-order valence-electron chi connectivity index (χ2n) is 3.72. The number of aromatic nitrogens is 1. The van der Waals surface area contributed by atoms with Crippen LogP contribution in [0.3, 0.4) is 0 Å². The number of amides is 1. The van der Waals surface area contributed by atoms with Gasteiger partial charge < -0.3 is 16.0 Å². The molecule has 1 heterocycles. The monoisotopic (exact) mass is 252 g/mol. The zero-order valence-corrected chi connectivity index (χ0v) is 11.0. The molecule has 0 bridgehead atoms. The van der Waals surface area contributed by atoms with Crippen molar-refractivity contribution in [1.29, 1.82) is 0 Å². The van der Waals surface area contributed by atoms with Crippen molar-refractivity contribution in [3.05, 3.63) is 23.4 Å². The molecule has 6 heteroatoms. The molecular weight excluding hydrogens is 236 g/mol. The van der Waals surface area contributed by atoms with E-state index in [4.69, 9.17) is 18.0 Å². The number of likely N-dealkylation sites (N-methyl/N-ethyl adjacent to an activating group) is 2. The quantitative estimate of drug-likeness (QED) is 0.749. The Morgan fingerprint density at radius 1 is 1.59 bits per heavy atom. The van der Waals surface area contributed by atoms with E-state index in [9.17, 15) is 4.79 Å². The van der Waals surface area contributed by atoms with Gasteiger partial charge in [-0.25, -0.2) is 4.98 Å². The van der Waals surface area contributed by atoms with Crippen LogP contribution in [0.25, 0.3) is 0 Å². The van der Waals surface area contributed by atoms with Crippen LogP contribution in [0, 0.1) is 6.92 Å². The normalized spacial score (nSPS) is 9.82. The molecule has 0 fully saturated rings. The summed E-state index contributed by atoms with van der Waals surface area (Å²) in [6, 6.07) is 3.66. The zero-order valence-electron chi connectivity index (χ0n) is 10.2. The summed E-state index contributed by atoms with van der Waals surface area (Å²) < 4.78 is 0. The molecule has 0 radical (unpaired) electrons. The standard InChI is InChI=1S/C11H16N4OS/c1-7-4-5-8(10(12)17)11(14-7)15(3)6-9(16)13-2/h4-5H,6H2,1-3H3,(H2,12,17)(H,13,16). The van der Waals surface area contributed by atoms with Crippen molar-refractivity contribution < 1.29 is 4.79 Å². The Kier molecular flexibility index (Phi) is 4.39. The van der Waals surface area contributed by atoms with E-state index in [0.717, 1.165) is 5.69 Å². The first kappa shape index (κ1) is 13.4. The van der Waals surface area contributed by atoms with Crippen LogP contribution in [0.4, 0.5) is 5.82 Å². The molecule has 0 atom stereocenters. The van der Waals surface area contributed by atoms with Crippen molar-refractivity contribution in [3.63, 3.8) is 0 Å². The van der Waals surface area contributed by atoms with Gasteiger partial charge in [0, 0.05) is 19.8 Å². The zero-order chi connectivity index (χ0) is 13.0. The number of anilines is 1. The van der Waals surface area contributed by atoms with Gasteiger partial charge in [-0.05, 0) is 19.1 Å². The van der Waals surface area contributed by atoms with Crippen molar-refractivity contribution in [2.24, 2.45) is 5.73 Å². The summed E-state index contributed by atoms with van der Waals surface area (Å²) in [5.74, 6) is 0.533. The number of aryl methyl sites for hydroxylation is 1. The number of thiocarbonyl (C=S) groups is 1. The Bertz CT molecular complexity index is 447. The summed E-state index contributed by atoms with van der Waals surface area (Å²) in [7, 11) is 3.37. The highest BCUT2D eigenvalue weighted by Gasteiger charge is 2.13. The first-order valence-corrected chi connectivity index (χ1v) is 5.55. The highest BCUT2D eigenvalue weighted by atomic mass is 32.1. The van der Waals surface area contributed by atoms with Crippen LogP contribution in [0.1, 0.15) is 11.3 Å². The molecule has 0 aliphatic carbocycles. The van der Waals surface area contributed by atoms with Crippen molar-refractivity contribution in [2.45, 2.75) is 6.92 Å². The highest BCUT2D eigenvalue weighted by Crippen LogP contribution is 2.17. The van der Waals surface area contributed by atoms with Crippen LogP contribution in [0.5, 0.6) is 0 Å². The SMILES string of the molecule is CNC(=O)CN(C)c1nc(C)ccc1C(N)=S. The molecule has 0 saturated heterocycles. The number of carbonyl (C=O) groups excluding carboxylic acids is 1. The second-order valence-corrected chi connectivity index (χ2v) is 4.16. The molecule has 17 heavy (non-hydrogen) atoms. The lowest BCUT2D eigenvalue weighted by Gasteiger charge is -2.20. The molecule has 5 nitrogen and oxygen atoms in total. The summed E-state index contributed by atoms with van der Waals surface area (Å²) >= 11 is 4.96. The van der Waals surface area contributed by atoms with Crippen LogP contribution >= 0.6 is 12.2 Å². The van der Waals surface area contributed by atoms with Gasteiger partial charge in [0.2, 0.25) is 5.91 Å². The molecule has 92 valence electrons. The molecular formula is C11H16N4OS. The summed E-state index contributed by atoms with van der Waals surface area (Å²) in [6.45, 7) is 2.09. The topological polar surface area (TPSA) is 71.2 Å². The minimum Gasteiger partial charge on any atom is -0.389 e. The van der Waals surface area contributed by atoms with Gasteiger partial charge in [0.15, 0.2) is 0 Å². The number of nitrogens with one attached hydrogen (secondary N) is 1.